The van der Waals surface area contributed by atoms with Crippen molar-refractivity contribution in [3.05, 3.63) is 53.1 Å². The molecular formula is C26H28N4O4. The third-order valence-corrected chi connectivity index (χ3v) is 5.59. The van der Waals surface area contributed by atoms with Crippen LogP contribution in [0.5, 0.6) is 5.75 Å². The zero-order valence-corrected chi connectivity index (χ0v) is 19.7. The minimum Gasteiger partial charge on any atom is -0.490 e. The number of nitriles is 1. The van der Waals surface area contributed by atoms with Crippen molar-refractivity contribution in [1.29, 1.82) is 5.26 Å². The fourth-order valence-corrected chi connectivity index (χ4v) is 4.09. The number of ether oxygens (including phenoxy) is 2. The highest BCUT2D eigenvalue weighted by Crippen LogP contribution is 2.33. The summed E-state index contributed by atoms with van der Waals surface area (Å²) in [4.78, 5) is 18.5. The summed E-state index contributed by atoms with van der Waals surface area (Å²) in [7, 11) is 0. The Morgan fingerprint density at radius 2 is 2.12 bits per heavy atom. The van der Waals surface area contributed by atoms with Gasteiger partial charge in [0, 0.05) is 30.6 Å². The first kappa shape index (κ1) is 23.5. The predicted octanol–water partition coefficient (Wildman–Crippen LogP) is 4.72. The summed E-state index contributed by atoms with van der Waals surface area (Å²) in [5.41, 5.74) is 4.41. The summed E-state index contributed by atoms with van der Waals surface area (Å²) >= 11 is 0. The Balaban J connectivity index is 1.49. The number of fused-ring (bicyclic) bond motifs is 1. The van der Waals surface area contributed by atoms with Crippen LogP contribution in [0.15, 0.2) is 40.9 Å². The molecule has 2 heterocycles. The standard InChI is InChI=1S/C26H28N4O4/c1-4-32-24(31)9-6-12-30-15-19-7-5-8-21(22(19)16-30)25-28-26(34-29-25)18-10-11-23(33-17(2)3)20(13-18)14-27/h5,7-8,10-11,13,17H,4,6,9,12,15-16H2,1-3H3. The van der Waals surface area contributed by atoms with E-state index in [0.717, 1.165) is 31.6 Å². The molecule has 0 atom stereocenters. The lowest BCUT2D eigenvalue weighted by Crippen LogP contribution is -2.19. The maximum Gasteiger partial charge on any atom is 0.305 e. The molecule has 0 bridgehead atoms. The van der Waals surface area contributed by atoms with E-state index in [4.69, 9.17) is 14.0 Å². The van der Waals surface area contributed by atoms with E-state index in [1.165, 1.54) is 11.1 Å². The molecule has 0 spiro atoms. The number of aromatic nitrogens is 2. The lowest BCUT2D eigenvalue weighted by Gasteiger charge is -2.14. The molecule has 0 radical (unpaired) electrons. The van der Waals surface area contributed by atoms with Crippen molar-refractivity contribution in [2.24, 2.45) is 0 Å². The SMILES string of the molecule is CCOC(=O)CCCN1Cc2cccc(-c3noc(-c4ccc(OC(C)C)c(C#N)c4)n3)c2C1. The third-order valence-electron chi connectivity index (χ3n) is 5.59. The van der Waals surface area contributed by atoms with Crippen LogP contribution in [0.2, 0.25) is 0 Å². The molecule has 0 aliphatic carbocycles. The molecule has 1 aliphatic heterocycles. The molecule has 0 amide bonds. The van der Waals surface area contributed by atoms with Crippen molar-refractivity contribution in [3.63, 3.8) is 0 Å². The maximum atomic E-state index is 11.6. The monoisotopic (exact) mass is 460 g/mol. The van der Waals surface area contributed by atoms with Gasteiger partial charge in [-0.05, 0) is 63.1 Å². The van der Waals surface area contributed by atoms with E-state index in [1.54, 1.807) is 12.1 Å². The average molecular weight is 461 g/mol. The summed E-state index contributed by atoms with van der Waals surface area (Å²) < 4.78 is 16.3. The number of benzene rings is 2. The van der Waals surface area contributed by atoms with E-state index < -0.39 is 0 Å². The number of hydrogen-bond acceptors (Lipinski definition) is 8. The summed E-state index contributed by atoms with van der Waals surface area (Å²) in [6.45, 7) is 8.46. The zero-order valence-electron chi connectivity index (χ0n) is 19.7. The fraction of sp³-hybridized carbons (Fsp3) is 0.385. The van der Waals surface area contributed by atoms with Crippen LogP contribution in [0.25, 0.3) is 22.8 Å². The van der Waals surface area contributed by atoms with Crippen LogP contribution in [-0.4, -0.2) is 40.3 Å². The lowest BCUT2D eigenvalue weighted by molar-refractivity contribution is -0.143. The molecule has 4 rings (SSSR count). The smallest absolute Gasteiger partial charge is 0.305 e. The molecule has 34 heavy (non-hydrogen) atoms. The molecule has 1 aliphatic rings. The first-order chi connectivity index (χ1) is 16.5. The summed E-state index contributed by atoms with van der Waals surface area (Å²) in [5, 5.41) is 13.7. The highest BCUT2D eigenvalue weighted by Gasteiger charge is 2.24. The predicted molar refractivity (Wildman–Crippen MR) is 126 cm³/mol. The highest BCUT2D eigenvalue weighted by molar-refractivity contribution is 5.69. The van der Waals surface area contributed by atoms with Crippen molar-refractivity contribution in [2.75, 3.05) is 13.2 Å². The van der Waals surface area contributed by atoms with Gasteiger partial charge in [0.2, 0.25) is 5.82 Å². The Labute approximate surface area is 199 Å². The van der Waals surface area contributed by atoms with E-state index in [9.17, 15) is 10.1 Å². The van der Waals surface area contributed by atoms with Crippen LogP contribution >= 0.6 is 0 Å². The molecule has 0 fully saturated rings. The van der Waals surface area contributed by atoms with Crippen LogP contribution in [0.1, 0.15) is 50.3 Å². The molecule has 3 aromatic rings. The number of esters is 1. The van der Waals surface area contributed by atoms with E-state index in [1.807, 2.05) is 39.0 Å². The van der Waals surface area contributed by atoms with Crippen LogP contribution in [0.4, 0.5) is 0 Å². The molecule has 8 nitrogen and oxygen atoms in total. The average Bonchev–Trinajstić information content (AvgIpc) is 3.46. The van der Waals surface area contributed by atoms with Crippen LogP contribution in [0, 0.1) is 11.3 Å². The van der Waals surface area contributed by atoms with Gasteiger partial charge in [-0.25, -0.2) is 0 Å². The second-order valence-electron chi connectivity index (χ2n) is 8.47. The molecule has 0 saturated heterocycles. The summed E-state index contributed by atoms with van der Waals surface area (Å²) in [5.74, 6) is 1.25. The molecule has 0 unspecified atom stereocenters. The van der Waals surface area contributed by atoms with Gasteiger partial charge in [0.05, 0.1) is 18.3 Å². The van der Waals surface area contributed by atoms with E-state index in [-0.39, 0.29) is 12.1 Å². The first-order valence-corrected chi connectivity index (χ1v) is 11.5. The van der Waals surface area contributed by atoms with E-state index in [0.29, 0.717) is 41.6 Å². The van der Waals surface area contributed by atoms with Gasteiger partial charge in [-0.1, -0.05) is 23.4 Å². The number of nitrogens with zero attached hydrogens (tertiary/aromatic N) is 4. The van der Waals surface area contributed by atoms with Gasteiger partial charge < -0.3 is 14.0 Å². The van der Waals surface area contributed by atoms with Crippen molar-refractivity contribution < 1.29 is 18.8 Å². The molecule has 2 aromatic carbocycles. The van der Waals surface area contributed by atoms with Gasteiger partial charge >= 0.3 is 5.97 Å². The Hall–Kier alpha value is -3.70. The summed E-state index contributed by atoms with van der Waals surface area (Å²) in [6.07, 6.45) is 1.15. The second-order valence-corrected chi connectivity index (χ2v) is 8.47. The molecule has 8 heteroatoms. The largest absolute Gasteiger partial charge is 0.490 e. The Morgan fingerprint density at radius 1 is 1.26 bits per heavy atom. The minimum atomic E-state index is -0.150. The number of hydrogen-bond donors (Lipinski definition) is 0. The van der Waals surface area contributed by atoms with Crippen LogP contribution < -0.4 is 4.74 Å². The van der Waals surface area contributed by atoms with Gasteiger partial charge in [0.1, 0.15) is 11.8 Å². The second kappa shape index (κ2) is 10.5. The van der Waals surface area contributed by atoms with Crippen LogP contribution in [-0.2, 0) is 22.6 Å². The third kappa shape index (κ3) is 5.26. The Kier molecular flexibility index (Phi) is 7.24. The Bertz CT molecular complexity index is 1210. The maximum absolute atomic E-state index is 11.6. The van der Waals surface area contributed by atoms with E-state index >= 15 is 0 Å². The van der Waals surface area contributed by atoms with Gasteiger partial charge in [0.15, 0.2) is 0 Å². The van der Waals surface area contributed by atoms with Gasteiger partial charge in [0.25, 0.3) is 5.89 Å². The Morgan fingerprint density at radius 3 is 2.88 bits per heavy atom. The first-order valence-electron chi connectivity index (χ1n) is 11.5. The molecular weight excluding hydrogens is 432 g/mol. The van der Waals surface area contributed by atoms with Gasteiger partial charge in [-0.15, -0.1) is 0 Å². The molecule has 176 valence electrons. The highest BCUT2D eigenvalue weighted by atomic mass is 16.5. The molecule has 0 N–H and O–H groups in total. The number of carbonyl (C=O) groups is 1. The van der Waals surface area contributed by atoms with Crippen molar-refractivity contribution in [2.45, 2.75) is 52.8 Å². The quantitative estimate of drug-likeness (QED) is 0.423. The van der Waals surface area contributed by atoms with Gasteiger partial charge in [-0.3, -0.25) is 9.69 Å². The summed E-state index contributed by atoms with van der Waals surface area (Å²) in [6, 6.07) is 13.5. The van der Waals surface area contributed by atoms with Crippen LogP contribution in [0.3, 0.4) is 0 Å². The zero-order chi connectivity index (χ0) is 24.1. The van der Waals surface area contributed by atoms with Crippen molar-refractivity contribution in [3.8, 4) is 34.7 Å². The minimum absolute atomic E-state index is 0.0298. The molecule has 0 saturated carbocycles. The number of rotatable bonds is 9. The molecule has 1 aromatic heterocycles. The van der Waals surface area contributed by atoms with Crippen molar-refractivity contribution in [1.82, 2.24) is 15.0 Å². The van der Waals surface area contributed by atoms with Gasteiger partial charge in [-0.2, -0.15) is 10.2 Å². The fourth-order valence-electron chi connectivity index (χ4n) is 4.09. The van der Waals surface area contributed by atoms with E-state index in [2.05, 4.69) is 27.2 Å². The van der Waals surface area contributed by atoms with Crippen molar-refractivity contribution >= 4 is 5.97 Å². The normalized spacial score (nSPS) is 13.0. The topological polar surface area (TPSA) is 101 Å². The number of carbonyl (C=O) groups excluding carboxylic acids is 1. The lowest BCUT2D eigenvalue weighted by atomic mass is 10.0.